The molecule has 0 aliphatic heterocycles. The number of rotatable bonds is 5. The molecule has 29 heavy (non-hydrogen) atoms. The zero-order valence-corrected chi connectivity index (χ0v) is 15.4. The van der Waals surface area contributed by atoms with Gasteiger partial charge < -0.3 is 9.73 Å². The first-order chi connectivity index (χ1) is 14.3. The number of furan rings is 1. The van der Waals surface area contributed by atoms with Gasteiger partial charge in [-0.05, 0) is 30.2 Å². The average Bonchev–Trinajstić information content (AvgIpc) is 3.17. The van der Waals surface area contributed by atoms with Gasteiger partial charge in [0, 0.05) is 30.4 Å². The molecule has 8 nitrogen and oxygen atoms in total. The van der Waals surface area contributed by atoms with E-state index in [-0.39, 0.29) is 12.1 Å². The third-order valence-electron chi connectivity index (χ3n) is 4.77. The monoisotopic (exact) mass is 386 g/mol. The van der Waals surface area contributed by atoms with E-state index in [1.54, 1.807) is 47.6 Å². The Morgan fingerprint density at radius 1 is 1.10 bits per heavy atom. The van der Waals surface area contributed by atoms with Crippen molar-refractivity contribution < 1.29 is 9.21 Å². The molecule has 1 saturated carbocycles. The number of carbonyl (C=O) groups excluding carboxylic acids is 1. The van der Waals surface area contributed by atoms with Gasteiger partial charge in [0.15, 0.2) is 17.4 Å². The highest BCUT2D eigenvalue weighted by Crippen LogP contribution is 2.40. The maximum absolute atomic E-state index is 12.5. The van der Waals surface area contributed by atoms with Crippen molar-refractivity contribution in [1.82, 2.24) is 25.1 Å². The molecule has 3 aromatic heterocycles. The second-order valence-electron chi connectivity index (χ2n) is 6.82. The molecular weight excluding hydrogens is 368 g/mol. The molecule has 144 valence electrons. The van der Waals surface area contributed by atoms with Crippen molar-refractivity contribution in [2.45, 2.75) is 18.4 Å². The molecule has 0 bridgehead atoms. The zero-order chi connectivity index (χ0) is 19.6. The van der Waals surface area contributed by atoms with Gasteiger partial charge in [-0.15, -0.1) is 0 Å². The molecule has 1 unspecified atom stereocenters. The van der Waals surface area contributed by atoms with Crippen LogP contribution in [0, 0.1) is 0 Å². The van der Waals surface area contributed by atoms with E-state index in [9.17, 15) is 4.79 Å². The molecule has 2 N–H and O–H groups in total. The predicted molar refractivity (Wildman–Crippen MR) is 107 cm³/mol. The van der Waals surface area contributed by atoms with Crippen molar-refractivity contribution in [3.63, 3.8) is 0 Å². The number of benzene rings is 1. The fraction of sp³-hybridized carbons (Fsp3) is 0.143. The SMILES string of the molecule is O=C(Nc1cc(-n2cccn2)nc(-c2ccco2)n1)NC1C[C@@H]1c1ccccc1. The van der Waals surface area contributed by atoms with Crippen molar-refractivity contribution >= 4 is 11.8 Å². The number of hydrogen-bond acceptors (Lipinski definition) is 5. The van der Waals surface area contributed by atoms with E-state index in [1.807, 2.05) is 18.2 Å². The molecule has 0 radical (unpaired) electrons. The van der Waals surface area contributed by atoms with Gasteiger partial charge in [0.05, 0.1) is 6.26 Å². The van der Waals surface area contributed by atoms with Crippen molar-refractivity contribution in [3.05, 3.63) is 78.8 Å². The second-order valence-corrected chi connectivity index (χ2v) is 6.82. The van der Waals surface area contributed by atoms with E-state index in [1.165, 1.54) is 5.56 Å². The van der Waals surface area contributed by atoms with E-state index >= 15 is 0 Å². The Hall–Kier alpha value is -3.94. The van der Waals surface area contributed by atoms with Gasteiger partial charge in [-0.1, -0.05) is 30.3 Å². The summed E-state index contributed by atoms with van der Waals surface area (Å²) in [5.74, 6) is 2.12. The molecule has 1 aliphatic carbocycles. The number of amides is 2. The topological polar surface area (TPSA) is 97.9 Å². The quantitative estimate of drug-likeness (QED) is 0.546. The summed E-state index contributed by atoms with van der Waals surface area (Å²) < 4.78 is 7.01. The van der Waals surface area contributed by atoms with Crippen LogP contribution >= 0.6 is 0 Å². The fourth-order valence-electron chi connectivity index (χ4n) is 3.28. The van der Waals surface area contributed by atoms with Crippen LogP contribution in [0.25, 0.3) is 17.4 Å². The fourth-order valence-corrected chi connectivity index (χ4v) is 3.28. The number of carbonyl (C=O) groups is 1. The lowest BCUT2D eigenvalue weighted by atomic mass is 10.1. The Kier molecular flexibility index (Phi) is 4.28. The summed E-state index contributed by atoms with van der Waals surface area (Å²) in [4.78, 5) is 21.4. The minimum absolute atomic E-state index is 0.120. The van der Waals surface area contributed by atoms with Crippen LogP contribution in [0.2, 0.25) is 0 Å². The third kappa shape index (κ3) is 3.73. The first-order valence-electron chi connectivity index (χ1n) is 9.32. The number of anilines is 1. The molecule has 2 atom stereocenters. The van der Waals surface area contributed by atoms with Crippen molar-refractivity contribution in [2.75, 3.05) is 5.32 Å². The molecular formula is C21H18N6O2. The summed E-state index contributed by atoms with van der Waals surface area (Å²) in [7, 11) is 0. The molecule has 1 fully saturated rings. The van der Waals surface area contributed by atoms with Crippen LogP contribution in [0.1, 0.15) is 17.9 Å². The molecule has 8 heteroatoms. The number of urea groups is 1. The zero-order valence-electron chi connectivity index (χ0n) is 15.4. The van der Waals surface area contributed by atoms with Crippen molar-refractivity contribution in [1.29, 1.82) is 0 Å². The largest absolute Gasteiger partial charge is 0.461 e. The summed E-state index contributed by atoms with van der Waals surface area (Å²) in [5, 5.41) is 10.0. The van der Waals surface area contributed by atoms with E-state index in [2.05, 4.69) is 37.8 Å². The van der Waals surface area contributed by atoms with Crippen molar-refractivity contribution in [3.8, 4) is 17.4 Å². The van der Waals surface area contributed by atoms with E-state index < -0.39 is 0 Å². The Morgan fingerprint density at radius 3 is 2.76 bits per heavy atom. The minimum Gasteiger partial charge on any atom is -0.461 e. The van der Waals surface area contributed by atoms with Gasteiger partial charge in [-0.25, -0.2) is 19.4 Å². The maximum atomic E-state index is 12.5. The van der Waals surface area contributed by atoms with Gasteiger partial charge in [-0.2, -0.15) is 5.10 Å². The van der Waals surface area contributed by atoms with Crippen LogP contribution in [0.15, 0.2) is 77.7 Å². The molecule has 4 aromatic rings. The van der Waals surface area contributed by atoms with E-state index in [4.69, 9.17) is 4.42 Å². The van der Waals surface area contributed by atoms with Gasteiger partial charge in [0.2, 0.25) is 0 Å². The standard InChI is InChI=1S/C21H18N6O2/c28-21(23-16-12-15(16)14-6-2-1-3-7-14)25-18-13-19(27-10-5-9-22-27)26-20(24-18)17-8-4-11-29-17/h1-11,13,15-16H,12H2,(H2,23,24,25,26,28)/t15-,16?/m1/s1. The molecule has 1 aliphatic rings. The molecule has 2 amide bonds. The smallest absolute Gasteiger partial charge is 0.320 e. The summed E-state index contributed by atoms with van der Waals surface area (Å²) in [6.07, 6.45) is 5.91. The number of aromatic nitrogens is 4. The highest BCUT2D eigenvalue weighted by molar-refractivity contribution is 5.89. The van der Waals surface area contributed by atoms with Gasteiger partial charge in [0.1, 0.15) is 5.82 Å². The third-order valence-corrected chi connectivity index (χ3v) is 4.77. The summed E-state index contributed by atoms with van der Waals surface area (Å²) in [5.41, 5.74) is 1.24. The van der Waals surface area contributed by atoms with Crippen LogP contribution in [0.5, 0.6) is 0 Å². The molecule has 3 heterocycles. The number of hydrogen-bond donors (Lipinski definition) is 2. The Labute approximate surface area is 166 Å². The average molecular weight is 386 g/mol. The number of nitrogens with one attached hydrogen (secondary N) is 2. The highest BCUT2D eigenvalue weighted by atomic mass is 16.3. The second kappa shape index (κ2) is 7.23. The molecule has 0 saturated heterocycles. The Bertz CT molecular complexity index is 1060. The lowest BCUT2D eigenvalue weighted by Crippen LogP contribution is -2.31. The lowest BCUT2D eigenvalue weighted by Gasteiger charge is -2.10. The lowest BCUT2D eigenvalue weighted by molar-refractivity contribution is 0.251. The van der Waals surface area contributed by atoms with Crippen LogP contribution in [-0.2, 0) is 0 Å². The first kappa shape index (κ1) is 17.2. The van der Waals surface area contributed by atoms with Gasteiger partial charge in [0.25, 0.3) is 0 Å². The van der Waals surface area contributed by atoms with E-state index in [0.717, 1.165) is 6.42 Å². The van der Waals surface area contributed by atoms with Crippen LogP contribution in [-0.4, -0.2) is 31.8 Å². The Balaban J connectivity index is 1.33. The normalized spacial score (nSPS) is 17.7. The first-order valence-corrected chi connectivity index (χ1v) is 9.32. The number of nitrogens with zero attached hydrogens (tertiary/aromatic N) is 4. The Morgan fingerprint density at radius 2 is 2.00 bits per heavy atom. The predicted octanol–water partition coefficient (Wildman–Crippen LogP) is 3.60. The highest BCUT2D eigenvalue weighted by Gasteiger charge is 2.39. The van der Waals surface area contributed by atoms with Crippen LogP contribution in [0.3, 0.4) is 0 Å². The van der Waals surface area contributed by atoms with Crippen LogP contribution < -0.4 is 10.6 Å². The van der Waals surface area contributed by atoms with Gasteiger partial charge >= 0.3 is 6.03 Å². The summed E-state index contributed by atoms with van der Waals surface area (Å²) in [6, 6.07) is 17.0. The van der Waals surface area contributed by atoms with E-state index in [0.29, 0.717) is 29.1 Å². The molecule has 1 aromatic carbocycles. The summed E-state index contributed by atoms with van der Waals surface area (Å²) >= 11 is 0. The summed E-state index contributed by atoms with van der Waals surface area (Å²) in [6.45, 7) is 0. The van der Waals surface area contributed by atoms with Crippen LogP contribution in [0.4, 0.5) is 10.6 Å². The maximum Gasteiger partial charge on any atom is 0.320 e. The van der Waals surface area contributed by atoms with Crippen molar-refractivity contribution in [2.24, 2.45) is 0 Å². The van der Waals surface area contributed by atoms with Gasteiger partial charge in [-0.3, -0.25) is 5.32 Å². The minimum atomic E-state index is -0.302. The molecule has 5 rings (SSSR count). The molecule has 0 spiro atoms.